The van der Waals surface area contributed by atoms with Gasteiger partial charge in [-0.15, -0.1) is 11.3 Å². The number of thiophene rings is 1. The Balaban J connectivity index is 2.35. The molecule has 0 aliphatic carbocycles. The second-order valence-electron chi connectivity index (χ2n) is 8.01. The number of carboxylic acid groups (broad SMARTS) is 1. The maximum Gasteiger partial charge on any atom is 0.348 e. The average Bonchev–Trinajstić information content (AvgIpc) is 3.20. The number of carbonyl (C=O) groups excluding carboxylic acids is 1. The first-order valence-electron chi connectivity index (χ1n) is 11.3. The number of aryl methyl sites for hydroxylation is 1. The number of hydrogen-bond acceptors (Lipinski definition) is 9. The van der Waals surface area contributed by atoms with Crippen molar-refractivity contribution < 1.29 is 38.4 Å². The van der Waals surface area contributed by atoms with E-state index in [9.17, 15) is 33.8 Å². The van der Waals surface area contributed by atoms with Crippen LogP contribution in [0.25, 0.3) is 10.2 Å². The summed E-state index contributed by atoms with van der Waals surface area (Å²) >= 11 is 0.847. The van der Waals surface area contributed by atoms with Crippen LogP contribution in [-0.2, 0) is 20.8 Å². The first kappa shape index (κ1) is 28.0. The third kappa shape index (κ3) is 5.43. The van der Waals surface area contributed by atoms with Crippen LogP contribution in [0.1, 0.15) is 46.8 Å². The Morgan fingerprint density at radius 3 is 2.54 bits per heavy atom. The van der Waals surface area contributed by atoms with E-state index in [1.54, 1.807) is 6.92 Å². The van der Waals surface area contributed by atoms with Crippen molar-refractivity contribution in [3.63, 3.8) is 0 Å². The zero-order valence-corrected chi connectivity index (χ0v) is 21.5. The zero-order valence-electron chi connectivity index (χ0n) is 20.6. The maximum absolute atomic E-state index is 14.2. The third-order valence-electron chi connectivity index (χ3n) is 5.75. The molecular weight excluding hydrogens is 511 g/mol. The van der Waals surface area contributed by atoms with Gasteiger partial charge in [-0.1, -0.05) is 0 Å². The van der Waals surface area contributed by atoms with Gasteiger partial charge in [0.15, 0.2) is 0 Å². The van der Waals surface area contributed by atoms with Gasteiger partial charge in [0.2, 0.25) is 0 Å². The van der Waals surface area contributed by atoms with Crippen molar-refractivity contribution in [2.24, 2.45) is 0 Å². The Labute approximate surface area is 214 Å². The fourth-order valence-electron chi connectivity index (χ4n) is 3.93. The highest BCUT2D eigenvalue weighted by molar-refractivity contribution is 7.20. The summed E-state index contributed by atoms with van der Waals surface area (Å²) in [7, 11) is 1.37. The van der Waals surface area contributed by atoms with Crippen LogP contribution < -0.4 is 16.0 Å². The number of methoxy groups -OCH3 is 1. The van der Waals surface area contributed by atoms with E-state index >= 15 is 0 Å². The van der Waals surface area contributed by atoms with Gasteiger partial charge in [0, 0.05) is 5.56 Å². The summed E-state index contributed by atoms with van der Waals surface area (Å²) in [6.07, 6.45) is -1.06. The number of aromatic nitrogens is 2. The molecule has 0 saturated carbocycles. The number of hydrogen-bond donors (Lipinski definition) is 2. The van der Waals surface area contributed by atoms with Crippen molar-refractivity contribution in [1.82, 2.24) is 9.13 Å². The molecule has 0 fully saturated rings. The van der Waals surface area contributed by atoms with Crippen molar-refractivity contribution in [2.45, 2.75) is 39.5 Å². The normalized spacial score (nSPS) is 12.9. The van der Waals surface area contributed by atoms with Crippen molar-refractivity contribution in [3.8, 4) is 5.75 Å². The van der Waals surface area contributed by atoms with E-state index in [2.05, 4.69) is 0 Å². The molecule has 37 heavy (non-hydrogen) atoms. The van der Waals surface area contributed by atoms with Gasteiger partial charge >= 0.3 is 17.6 Å². The molecule has 3 aromatic rings. The second-order valence-corrected chi connectivity index (χ2v) is 9.01. The van der Waals surface area contributed by atoms with Gasteiger partial charge in [-0.25, -0.2) is 23.3 Å². The molecule has 2 aromatic heterocycles. The molecule has 2 heterocycles. The lowest BCUT2D eigenvalue weighted by Crippen LogP contribution is -2.44. The number of carboxylic acids is 1. The highest BCUT2D eigenvalue weighted by Crippen LogP contribution is 2.33. The molecule has 0 bridgehead atoms. The number of fused-ring (bicyclic) bond motifs is 1. The first-order valence-corrected chi connectivity index (χ1v) is 12.1. The molecule has 1 aromatic carbocycles. The SMILES string of the molecule is CCOC(=O)c1sc2c(c1C)c(=O)n(C(C)C(=O)O)c(=O)n2C[C@H](OCCO)c1cc(F)ccc1OC. The number of halogens is 1. The molecule has 0 spiro atoms. The van der Waals surface area contributed by atoms with Crippen molar-refractivity contribution >= 4 is 33.5 Å². The summed E-state index contributed by atoms with van der Waals surface area (Å²) in [5.41, 5.74) is -1.37. The monoisotopic (exact) mass is 538 g/mol. The average molecular weight is 539 g/mol. The lowest BCUT2D eigenvalue weighted by atomic mass is 10.1. The minimum absolute atomic E-state index is 0.0205. The highest BCUT2D eigenvalue weighted by atomic mass is 32.1. The number of ether oxygens (including phenoxy) is 3. The van der Waals surface area contributed by atoms with E-state index < -0.39 is 41.2 Å². The standard InChI is InChI=1S/C24H27FN2O9S/c1-5-35-23(32)19-12(2)18-20(29)27(13(3)22(30)31)24(33)26(21(18)37-19)11-17(36-9-8-28)15-10-14(25)6-7-16(15)34-4/h6-7,10,13,17,28H,5,8-9,11H2,1-4H3,(H,30,31)/t13?,17-/m0/s1. The Kier molecular flexibility index (Phi) is 8.84. The number of carbonyl (C=O) groups is 2. The van der Waals surface area contributed by atoms with E-state index in [-0.39, 0.29) is 58.3 Å². The molecule has 13 heteroatoms. The summed E-state index contributed by atoms with van der Waals surface area (Å²) in [6.45, 7) is 3.52. The Hall–Kier alpha value is -3.55. The number of nitrogens with zero attached hydrogens (tertiary/aromatic N) is 2. The molecule has 0 amide bonds. The molecular formula is C24H27FN2O9S. The van der Waals surface area contributed by atoms with Gasteiger partial charge in [-0.05, 0) is 44.5 Å². The van der Waals surface area contributed by atoms with Gasteiger partial charge in [0.25, 0.3) is 5.56 Å². The number of aliphatic hydroxyl groups is 1. The van der Waals surface area contributed by atoms with Crippen LogP contribution in [0, 0.1) is 12.7 Å². The Morgan fingerprint density at radius 1 is 1.24 bits per heavy atom. The van der Waals surface area contributed by atoms with Gasteiger partial charge in [-0.3, -0.25) is 9.36 Å². The fourth-order valence-corrected chi connectivity index (χ4v) is 5.12. The molecule has 200 valence electrons. The molecule has 3 rings (SSSR count). The van der Waals surface area contributed by atoms with Crippen LogP contribution in [0.5, 0.6) is 5.75 Å². The highest BCUT2D eigenvalue weighted by Gasteiger charge is 2.29. The fraction of sp³-hybridized carbons (Fsp3) is 0.417. The van der Waals surface area contributed by atoms with Crippen molar-refractivity contribution in [1.29, 1.82) is 0 Å². The third-order valence-corrected chi connectivity index (χ3v) is 7.04. The summed E-state index contributed by atoms with van der Waals surface area (Å²) in [6, 6.07) is 2.18. The summed E-state index contributed by atoms with van der Waals surface area (Å²) < 4.78 is 32.0. The van der Waals surface area contributed by atoms with Crippen LogP contribution in [0.4, 0.5) is 4.39 Å². The number of esters is 1. The maximum atomic E-state index is 14.2. The first-order chi connectivity index (χ1) is 17.6. The van der Waals surface area contributed by atoms with Crippen molar-refractivity contribution in [3.05, 3.63) is 60.9 Å². The molecule has 0 radical (unpaired) electrons. The number of aliphatic hydroxyl groups excluding tert-OH is 1. The van der Waals surface area contributed by atoms with E-state index in [0.717, 1.165) is 22.0 Å². The number of aliphatic carboxylic acids is 1. The minimum Gasteiger partial charge on any atom is -0.496 e. The van der Waals surface area contributed by atoms with Crippen LogP contribution in [0.2, 0.25) is 0 Å². The van der Waals surface area contributed by atoms with Crippen LogP contribution in [-0.4, -0.2) is 58.2 Å². The predicted octanol–water partition coefficient (Wildman–Crippen LogP) is 2.25. The molecule has 1 unspecified atom stereocenters. The lowest BCUT2D eigenvalue weighted by Gasteiger charge is -2.23. The predicted molar refractivity (Wildman–Crippen MR) is 132 cm³/mol. The van der Waals surface area contributed by atoms with Gasteiger partial charge < -0.3 is 24.4 Å². The summed E-state index contributed by atoms with van der Waals surface area (Å²) in [5, 5.41) is 18.9. The minimum atomic E-state index is -1.53. The van der Waals surface area contributed by atoms with E-state index in [4.69, 9.17) is 14.2 Å². The number of rotatable bonds is 11. The zero-order chi connectivity index (χ0) is 27.4. The second kappa shape index (κ2) is 11.7. The smallest absolute Gasteiger partial charge is 0.348 e. The van der Waals surface area contributed by atoms with Crippen LogP contribution >= 0.6 is 11.3 Å². The Morgan fingerprint density at radius 2 is 1.95 bits per heavy atom. The molecule has 0 saturated heterocycles. The Bertz CT molecular complexity index is 1440. The van der Waals surface area contributed by atoms with Crippen LogP contribution in [0.3, 0.4) is 0 Å². The molecule has 0 aliphatic heterocycles. The molecule has 2 N–H and O–H groups in total. The lowest BCUT2D eigenvalue weighted by molar-refractivity contribution is -0.140. The van der Waals surface area contributed by atoms with E-state index in [1.807, 2.05) is 0 Å². The molecule has 11 nitrogen and oxygen atoms in total. The van der Waals surface area contributed by atoms with Crippen molar-refractivity contribution in [2.75, 3.05) is 26.9 Å². The van der Waals surface area contributed by atoms with E-state index in [0.29, 0.717) is 4.57 Å². The summed E-state index contributed by atoms with van der Waals surface area (Å²) in [5.74, 6) is -2.47. The van der Waals surface area contributed by atoms with Crippen LogP contribution in [0.15, 0.2) is 27.8 Å². The van der Waals surface area contributed by atoms with Gasteiger partial charge in [0.1, 0.15) is 33.4 Å². The molecule has 2 atom stereocenters. The summed E-state index contributed by atoms with van der Waals surface area (Å²) in [4.78, 5) is 51.4. The van der Waals surface area contributed by atoms with Gasteiger partial charge in [-0.2, -0.15) is 0 Å². The largest absolute Gasteiger partial charge is 0.496 e. The quantitative estimate of drug-likeness (QED) is 0.351. The number of benzene rings is 1. The molecule has 0 aliphatic rings. The topological polar surface area (TPSA) is 146 Å². The van der Waals surface area contributed by atoms with Gasteiger partial charge in [0.05, 0.1) is 38.9 Å². The van der Waals surface area contributed by atoms with E-state index in [1.165, 1.54) is 33.1 Å².